The number of ether oxygens (including phenoxy) is 3. The van der Waals surface area contributed by atoms with E-state index in [-0.39, 0.29) is 23.5 Å². The highest BCUT2D eigenvalue weighted by atomic mass is 35.5. The molecule has 0 saturated heterocycles. The monoisotopic (exact) mass is 382 g/mol. The van der Waals surface area contributed by atoms with E-state index in [9.17, 15) is 22.4 Å². The van der Waals surface area contributed by atoms with Gasteiger partial charge in [0.05, 0.1) is 13.7 Å². The number of methoxy groups -OCH3 is 1. The first-order valence-corrected chi connectivity index (χ1v) is 7.62. The Balaban J connectivity index is 2.63. The highest BCUT2D eigenvalue weighted by molar-refractivity contribution is 6.32. The molecular weight excluding hydrogens is 368 g/mol. The Bertz CT molecular complexity index is 730. The van der Waals surface area contributed by atoms with Gasteiger partial charge < -0.3 is 14.2 Å². The number of benzene rings is 1. The third-order valence-electron chi connectivity index (χ3n) is 3.76. The summed E-state index contributed by atoms with van der Waals surface area (Å²) in [4.78, 5) is 12.1. The van der Waals surface area contributed by atoms with Gasteiger partial charge in [-0.25, -0.2) is 9.18 Å². The van der Waals surface area contributed by atoms with E-state index in [1.165, 1.54) is 20.1 Å². The van der Waals surface area contributed by atoms with Crippen molar-refractivity contribution in [2.75, 3.05) is 13.7 Å². The van der Waals surface area contributed by atoms with Crippen LogP contribution in [0, 0.1) is 5.82 Å². The van der Waals surface area contributed by atoms with Crippen LogP contribution in [0.3, 0.4) is 0 Å². The summed E-state index contributed by atoms with van der Waals surface area (Å²) < 4.78 is 68.4. The molecule has 25 heavy (non-hydrogen) atoms. The Kier molecular flexibility index (Phi) is 5.22. The van der Waals surface area contributed by atoms with E-state index >= 15 is 0 Å². The van der Waals surface area contributed by atoms with Crippen molar-refractivity contribution >= 4 is 23.1 Å². The molecule has 0 bridgehead atoms. The lowest BCUT2D eigenvalue weighted by atomic mass is 9.93. The fraction of sp³-hybridized carbons (Fsp3) is 0.438. The molecule has 0 radical (unpaired) electrons. The number of hydrogen-bond acceptors (Lipinski definition) is 4. The van der Waals surface area contributed by atoms with Crippen molar-refractivity contribution < 1.29 is 36.6 Å². The molecule has 138 valence electrons. The number of hydrogen-bond donors (Lipinski definition) is 0. The minimum atomic E-state index is -4.75. The third-order valence-corrected chi connectivity index (χ3v) is 4.11. The summed E-state index contributed by atoms with van der Waals surface area (Å²) in [6.45, 7) is 2.27. The number of carbonyl (C=O) groups excluding carboxylic acids is 1. The lowest BCUT2D eigenvalue weighted by Gasteiger charge is -2.27. The van der Waals surface area contributed by atoms with Crippen molar-refractivity contribution in [3.8, 4) is 5.75 Å². The van der Waals surface area contributed by atoms with E-state index in [0.29, 0.717) is 0 Å². The van der Waals surface area contributed by atoms with E-state index in [1.54, 1.807) is 0 Å². The quantitative estimate of drug-likeness (QED) is 0.568. The average Bonchev–Trinajstić information content (AvgIpc) is 2.89. The zero-order valence-corrected chi connectivity index (χ0v) is 14.3. The maximum absolute atomic E-state index is 13.6. The van der Waals surface area contributed by atoms with Crippen molar-refractivity contribution in [1.82, 2.24) is 0 Å². The predicted molar refractivity (Wildman–Crippen MR) is 81.7 cm³/mol. The molecule has 0 aromatic heterocycles. The molecule has 1 aliphatic rings. The van der Waals surface area contributed by atoms with Crippen molar-refractivity contribution in [3.63, 3.8) is 0 Å². The van der Waals surface area contributed by atoms with Gasteiger partial charge in [-0.2, -0.15) is 13.2 Å². The highest BCUT2D eigenvalue weighted by Crippen LogP contribution is 2.50. The molecule has 1 aliphatic heterocycles. The number of esters is 1. The summed E-state index contributed by atoms with van der Waals surface area (Å²) in [7, 11) is 1.19. The topological polar surface area (TPSA) is 44.8 Å². The second kappa shape index (κ2) is 6.74. The first kappa shape index (κ1) is 19.4. The Hall–Kier alpha value is -1.96. The molecule has 1 unspecified atom stereocenters. The number of rotatable bonds is 4. The van der Waals surface area contributed by atoms with Gasteiger partial charge in [-0.05, 0) is 26.0 Å². The van der Waals surface area contributed by atoms with Crippen molar-refractivity contribution in [2.45, 2.75) is 32.0 Å². The smallest absolute Gasteiger partial charge is 0.428 e. The van der Waals surface area contributed by atoms with Crippen LogP contribution in [0.25, 0.3) is 5.57 Å². The van der Waals surface area contributed by atoms with E-state index < -0.39 is 40.8 Å². The van der Waals surface area contributed by atoms with Crippen LogP contribution < -0.4 is 4.74 Å². The molecule has 0 saturated carbocycles. The van der Waals surface area contributed by atoms with Gasteiger partial charge in [-0.1, -0.05) is 11.6 Å². The van der Waals surface area contributed by atoms with Crippen molar-refractivity contribution in [1.29, 1.82) is 0 Å². The summed E-state index contributed by atoms with van der Waals surface area (Å²) in [5, 5.41) is -0.406. The molecule has 0 N–H and O–H groups in total. The van der Waals surface area contributed by atoms with Gasteiger partial charge >= 0.3 is 12.1 Å². The molecule has 9 heteroatoms. The van der Waals surface area contributed by atoms with Crippen LogP contribution in [0.2, 0.25) is 5.02 Å². The zero-order chi connectivity index (χ0) is 19.0. The predicted octanol–water partition coefficient (Wildman–Crippen LogP) is 4.50. The normalized spacial score (nSPS) is 20.5. The molecule has 2 rings (SSSR count). The van der Waals surface area contributed by atoms with E-state index in [2.05, 4.69) is 0 Å². The maximum Gasteiger partial charge on any atom is 0.428 e. The first-order chi connectivity index (χ1) is 11.6. The summed E-state index contributed by atoms with van der Waals surface area (Å²) in [5.41, 5.74) is -2.71. The Morgan fingerprint density at radius 2 is 2.04 bits per heavy atom. The van der Waals surface area contributed by atoms with Crippen molar-refractivity contribution in [3.05, 3.63) is 34.3 Å². The molecule has 1 aromatic carbocycles. The summed E-state index contributed by atoms with van der Waals surface area (Å²) >= 11 is 5.82. The van der Waals surface area contributed by atoms with Gasteiger partial charge in [0.25, 0.3) is 0 Å². The Labute approximate surface area is 146 Å². The van der Waals surface area contributed by atoms with Crippen LogP contribution >= 0.6 is 11.6 Å². The fourth-order valence-corrected chi connectivity index (χ4v) is 2.69. The van der Waals surface area contributed by atoms with Gasteiger partial charge in [0.1, 0.15) is 16.6 Å². The van der Waals surface area contributed by atoms with E-state index in [0.717, 1.165) is 13.0 Å². The van der Waals surface area contributed by atoms with Crippen LogP contribution in [-0.2, 0) is 14.3 Å². The lowest BCUT2D eigenvalue weighted by molar-refractivity contribution is -0.251. The van der Waals surface area contributed by atoms with E-state index in [1.807, 2.05) is 0 Å². The molecule has 1 atom stereocenters. The molecule has 0 aliphatic carbocycles. The molecule has 1 aromatic rings. The summed E-state index contributed by atoms with van der Waals surface area (Å²) in [6, 6.07) is 2.15. The van der Waals surface area contributed by atoms with E-state index in [4.69, 9.17) is 25.8 Å². The van der Waals surface area contributed by atoms with Gasteiger partial charge in [-0.15, -0.1) is 0 Å². The standard InChI is InChI=1S/C16H15ClF4O4/c1-4-24-14(22)13-9(7-15(2,25-13)16(19,20)21)8-5-6-10(18)11(17)12(8)23-3/h5-6H,4,7H2,1-3H3. The zero-order valence-electron chi connectivity index (χ0n) is 13.6. The van der Waals surface area contributed by atoms with Gasteiger partial charge in [0, 0.05) is 17.6 Å². The fourth-order valence-electron chi connectivity index (χ4n) is 2.45. The van der Waals surface area contributed by atoms with Gasteiger partial charge in [-0.3, -0.25) is 0 Å². The number of alkyl halides is 3. The van der Waals surface area contributed by atoms with Crippen LogP contribution in [0.15, 0.2) is 17.9 Å². The highest BCUT2D eigenvalue weighted by Gasteiger charge is 2.59. The molecule has 1 heterocycles. The van der Waals surface area contributed by atoms with Crippen LogP contribution in [0.4, 0.5) is 17.6 Å². The van der Waals surface area contributed by atoms with Gasteiger partial charge in [0.2, 0.25) is 11.4 Å². The first-order valence-electron chi connectivity index (χ1n) is 7.24. The lowest BCUT2D eigenvalue weighted by Crippen LogP contribution is -2.42. The Morgan fingerprint density at radius 3 is 2.56 bits per heavy atom. The molecule has 0 amide bonds. The largest absolute Gasteiger partial charge is 0.494 e. The van der Waals surface area contributed by atoms with Crippen molar-refractivity contribution in [2.24, 2.45) is 0 Å². The third kappa shape index (κ3) is 3.40. The minimum absolute atomic E-state index is 0.0323. The number of halogens is 5. The molecular formula is C16H15ClF4O4. The number of carbonyl (C=O) groups is 1. The molecule has 0 fully saturated rings. The minimum Gasteiger partial charge on any atom is -0.494 e. The Morgan fingerprint density at radius 1 is 1.40 bits per heavy atom. The second-order valence-corrected chi connectivity index (χ2v) is 5.86. The summed E-state index contributed by atoms with van der Waals surface area (Å²) in [6.07, 6.45) is -5.42. The summed E-state index contributed by atoms with van der Waals surface area (Å²) in [5.74, 6) is -2.64. The second-order valence-electron chi connectivity index (χ2n) is 5.48. The van der Waals surface area contributed by atoms with Crippen LogP contribution in [0.5, 0.6) is 5.75 Å². The average molecular weight is 383 g/mol. The van der Waals surface area contributed by atoms with Crippen LogP contribution in [0.1, 0.15) is 25.8 Å². The molecule has 4 nitrogen and oxygen atoms in total. The molecule has 0 spiro atoms. The van der Waals surface area contributed by atoms with Crippen LogP contribution in [-0.4, -0.2) is 31.5 Å². The maximum atomic E-state index is 13.6. The SMILES string of the molecule is CCOC(=O)C1=C(c2ccc(F)c(Cl)c2OC)CC(C)(C(F)(F)F)O1. The van der Waals surface area contributed by atoms with Gasteiger partial charge in [0.15, 0.2) is 0 Å².